The molecule has 132 valence electrons. The third kappa shape index (κ3) is 3.11. The van der Waals surface area contributed by atoms with Gasteiger partial charge in [-0.25, -0.2) is 0 Å². The molecule has 1 amide bonds. The van der Waals surface area contributed by atoms with Crippen molar-refractivity contribution >= 4 is 14.2 Å². The van der Waals surface area contributed by atoms with E-state index < -0.39 is 14.1 Å². The highest BCUT2D eigenvalue weighted by Gasteiger charge is 2.54. The van der Waals surface area contributed by atoms with Gasteiger partial charge in [-0.1, -0.05) is 20.8 Å². The van der Waals surface area contributed by atoms with Gasteiger partial charge in [0, 0.05) is 6.54 Å². The Morgan fingerprint density at radius 1 is 1.22 bits per heavy atom. The van der Waals surface area contributed by atoms with Gasteiger partial charge in [-0.15, -0.1) is 0 Å². The van der Waals surface area contributed by atoms with Gasteiger partial charge in [0.25, 0.3) is 0 Å². The monoisotopic (exact) mass is 341 g/mol. The molecule has 0 bridgehead atoms. The number of piperidine rings is 1. The second-order valence-corrected chi connectivity index (χ2v) is 13.9. The standard InChI is InChI=1S/C17H31NO4Si/c1-16(2,3)23(6,7)22-12-9-15(19)18-10-14-13(8-11(12)18)20-17(4,5)21-14/h11-14H,8-10H2,1-7H3/t11-,12-,13+,14-/m1/s1. The van der Waals surface area contributed by atoms with Crippen LogP contribution >= 0.6 is 0 Å². The Morgan fingerprint density at radius 3 is 2.43 bits per heavy atom. The fraction of sp³-hybridized carbons (Fsp3) is 0.941. The summed E-state index contributed by atoms with van der Waals surface area (Å²) in [7, 11) is -1.89. The van der Waals surface area contributed by atoms with E-state index in [0.717, 1.165) is 6.42 Å². The van der Waals surface area contributed by atoms with E-state index in [0.29, 0.717) is 13.0 Å². The Kier molecular flexibility index (Phi) is 3.99. The van der Waals surface area contributed by atoms with Crippen molar-refractivity contribution in [1.29, 1.82) is 0 Å². The van der Waals surface area contributed by atoms with Gasteiger partial charge in [-0.05, 0) is 38.4 Å². The Labute approximate surface area is 140 Å². The van der Waals surface area contributed by atoms with Crippen LogP contribution in [0.5, 0.6) is 0 Å². The summed E-state index contributed by atoms with van der Waals surface area (Å²) in [5.74, 6) is -0.348. The van der Waals surface area contributed by atoms with E-state index in [1.54, 1.807) is 0 Å². The Bertz CT molecular complexity index is 499. The molecule has 0 unspecified atom stereocenters. The zero-order chi connectivity index (χ0) is 17.2. The van der Waals surface area contributed by atoms with E-state index in [1.807, 2.05) is 18.7 Å². The average molecular weight is 342 g/mol. The first kappa shape index (κ1) is 17.4. The van der Waals surface area contributed by atoms with Crippen LogP contribution in [0.3, 0.4) is 0 Å². The van der Waals surface area contributed by atoms with Gasteiger partial charge in [0.05, 0.1) is 24.7 Å². The van der Waals surface area contributed by atoms with Crippen molar-refractivity contribution in [3.8, 4) is 0 Å². The van der Waals surface area contributed by atoms with Gasteiger partial charge in [0.15, 0.2) is 14.1 Å². The molecule has 0 N–H and O–H groups in total. The van der Waals surface area contributed by atoms with Gasteiger partial charge in [-0.3, -0.25) is 4.79 Å². The Hall–Kier alpha value is -0.433. The number of carbonyl (C=O) groups is 1. The van der Waals surface area contributed by atoms with Gasteiger partial charge >= 0.3 is 0 Å². The molecule has 0 aromatic carbocycles. The number of rotatable bonds is 2. The van der Waals surface area contributed by atoms with Gasteiger partial charge in [0.1, 0.15) is 6.10 Å². The number of hydrogen-bond acceptors (Lipinski definition) is 4. The van der Waals surface area contributed by atoms with Crippen LogP contribution in [0.15, 0.2) is 0 Å². The molecule has 3 fully saturated rings. The fourth-order valence-electron chi connectivity index (χ4n) is 3.70. The zero-order valence-corrected chi connectivity index (χ0v) is 16.5. The molecule has 0 saturated carbocycles. The van der Waals surface area contributed by atoms with Crippen LogP contribution in [0.25, 0.3) is 0 Å². The first-order valence-electron chi connectivity index (χ1n) is 8.72. The van der Waals surface area contributed by atoms with Crippen LogP contribution in [0.1, 0.15) is 47.5 Å². The van der Waals surface area contributed by atoms with Crippen molar-refractivity contribution in [1.82, 2.24) is 4.90 Å². The number of amides is 1. The van der Waals surface area contributed by atoms with E-state index in [1.165, 1.54) is 0 Å². The highest BCUT2D eigenvalue weighted by molar-refractivity contribution is 6.74. The summed E-state index contributed by atoms with van der Waals surface area (Å²) in [4.78, 5) is 14.4. The molecule has 3 saturated heterocycles. The third-order valence-corrected chi connectivity index (χ3v) is 10.4. The Balaban J connectivity index is 1.75. The summed E-state index contributed by atoms with van der Waals surface area (Å²) in [6.45, 7) is 15.7. The van der Waals surface area contributed by atoms with Crippen LogP contribution in [-0.4, -0.2) is 55.8 Å². The van der Waals surface area contributed by atoms with Crippen LogP contribution in [0.4, 0.5) is 0 Å². The van der Waals surface area contributed by atoms with Gasteiger partial charge in [0.2, 0.25) is 5.91 Å². The van der Waals surface area contributed by atoms with Crippen molar-refractivity contribution in [2.75, 3.05) is 6.54 Å². The Morgan fingerprint density at radius 2 is 1.83 bits per heavy atom. The van der Waals surface area contributed by atoms with E-state index in [2.05, 4.69) is 33.9 Å². The molecule has 6 heteroatoms. The average Bonchev–Trinajstić information content (AvgIpc) is 2.81. The molecular weight excluding hydrogens is 310 g/mol. The number of hydrogen-bond donors (Lipinski definition) is 0. The molecule has 0 aromatic heterocycles. The van der Waals surface area contributed by atoms with Crippen molar-refractivity contribution < 1.29 is 18.7 Å². The minimum atomic E-state index is -1.89. The molecule has 5 nitrogen and oxygen atoms in total. The molecule has 3 aliphatic heterocycles. The highest BCUT2D eigenvalue weighted by atomic mass is 28.4. The molecule has 3 rings (SSSR count). The van der Waals surface area contributed by atoms with Crippen molar-refractivity contribution in [3.63, 3.8) is 0 Å². The number of fused-ring (bicyclic) bond motifs is 2. The minimum absolute atomic E-state index is 0.00294. The van der Waals surface area contributed by atoms with Crippen molar-refractivity contribution in [2.24, 2.45) is 0 Å². The summed E-state index contributed by atoms with van der Waals surface area (Å²) < 4.78 is 18.6. The molecule has 0 aromatic rings. The van der Waals surface area contributed by atoms with Crippen LogP contribution < -0.4 is 0 Å². The SMILES string of the molecule is CC1(C)O[C@H]2C[C@@H]3[C@H](O[Si](C)(C)C(C)(C)C)CC(=O)N3C[C@H]2O1. The van der Waals surface area contributed by atoms with E-state index >= 15 is 0 Å². The number of ether oxygens (including phenoxy) is 2. The predicted molar refractivity (Wildman–Crippen MR) is 90.6 cm³/mol. The maximum Gasteiger partial charge on any atom is 0.225 e. The summed E-state index contributed by atoms with van der Waals surface area (Å²) in [6, 6.07) is 0.135. The normalized spacial score (nSPS) is 37.0. The fourth-order valence-corrected chi connectivity index (χ4v) is 5.05. The lowest BCUT2D eigenvalue weighted by atomic mass is 9.96. The minimum Gasteiger partial charge on any atom is -0.411 e. The van der Waals surface area contributed by atoms with Crippen LogP contribution in [-0.2, 0) is 18.7 Å². The summed E-state index contributed by atoms with van der Waals surface area (Å²) in [5, 5.41) is 0.148. The molecule has 4 atom stereocenters. The first-order valence-corrected chi connectivity index (χ1v) is 11.6. The molecule has 0 spiro atoms. The zero-order valence-electron chi connectivity index (χ0n) is 15.5. The van der Waals surface area contributed by atoms with Crippen LogP contribution in [0, 0.1) is 0 Å². The predicted octanol–water partition coefficient (Wildman–Crippen LogP) is 2.90. The lowest BCUT2D eigenvalue weighted by molar-refractivity contribution is -0.146. The highest BCUT2D eigenvalue weighted by Crippen LogP contribution is 2.43. The number of carbonyl (C=O) groups excluding carboxylic acids is 1. The maximum atomic E-state index is 12.5. The summed E-state index contributed by atoms with van der Waals surface area (Å²) in [5.41, 5.74) is 0. The second kappa shape index (κ2) is 5.28. The van der Waals surface area contributed by atoms with Gasteiger partial charge < -0.3 is 18.8 Å². The molecule has 23 heavy (non-hydrogen) atoms. The lowest BCUT2D eigenvalue weighted by Crippen LogP contribution is -2.54. The summed E-state index contributed by atoms with van der Waals surface area (Å²) in [6.07, 6.45) is 1.38. The quantitative estimate of drug-likeness (QED) is 0.725. The van der Waals surface area contributed by atoms with Crippen molar-refractivity contribution in [2.45, 2.75) is 95.7 Å². The topological polar surface area (TPSA) is 48.0 Å². The largest absolute Gasteiger partial charge is 0.411 e. The molecule has 0 aliphatic carbocycles. The third-order valence-electron chi connectivity index (χ3n) is 5.91. The van der Waals surface area contributed by atoms with E-state index in [4.69, 9.17) is 13.9 Å². The smallest absolute Gasteiger partial charge is 0.225 e. The molecule has 3 aliphatic rings. The number of nitrogens with zero attached hydrogens (tertiary/aromatic N) is 1. The summed E-state index contributed by atoms with van der Waals surface area (Å²) >= 11 is 0. The first-order chi connectivity index (χ1) is 10.4. The van der Waals surface area contributed by atoms with Gasteiger partial charge in [-0.2, -0.15) is 0 Å². The molecular formula is C17H31NO4Si. The van der Waals surface area contributed by atoms with Crippen molar-refractivity contribution in [3.05, 3.63) is 0 Å². The maximum absolute atomic E-state index is 12.5. The molecule has 0 radical (unpaired) electrons. The van der Waals surface area contributed by atoms with E-state index in [9.17, 15) is 4.79 Å². The lowest BCUT2D eigenvalue weighted by Gasteiger charge is -2.42. The second-order valence-electron chi connectivity index (χ2n) is 9.18. The van der Waals surface area contributed by atoms with Crippen LogP contribution in [0.2, 0.25) is 18.1 Å². The molecule has 3 heterocycles. The van der Waals surface area contributed by atoms with E-state index in [-0.39, 0.29) is 35.3 Å².